The van der Waals surface area contributed by atoms with Crippen molar-refractivity contribution in [1.29, 1.82) is 0 Å². The van der Waals surface area contributed by atoms with Gasteiger partial charge in [0.2, 0.25) is 5.89 Å². The molecular formula is C12H20N2O3. The van der Waals surface area contributed by atoms with Crippen LogP contribution in [0.15, 0.2) is 10.6 Å². The number of hydrogen-bond acceptors (Lipinski definition) is 5. The first-order chi connectivity index (χ1) is 8.24. The van der Waals surface area contributed by atoms with Crippen molar-refractivity contribution < 1.29 is 14.3 Å². The van der Waals surface area contributed by atoms with Gasteiger partial charge in [0.15, 0.2) is 0 Å². The van der Waals surface area contributed by atoms with E-state index in [0.717, 1.165) is 18.3 Å². The summed E-state index contributed by atoms with van der Waals surface area (Å²) in [6.07, 6.45) is 3.77. The Labute approximate surface area is 101 Å². The van der Waals surface area contributed by atoms with Gasteiger partial charge >= 0.3 is 0 Å². The van der Waals surface area contributed by atoms with E-state index in [1.165, 1.54) is 12.8 Å². The number of hydrogen-bond donors (Lipinski definition) is 2. The van der Waals surface area contributed by atoms with Crippen molar-refractivity contribution in [3.8, 4) is 0 Å². The van der Waals surface area contributed by atoms with Crippen LogP contribution in [0.4, 0.5) is 0 Å². The zero-order valence-corrected chi connectivity index (χ0v) is 10.2. The van der Waals surface area contributed by atoms with Gasteiger partial charge in [-0.1, -0.05) is 0 Å². The first-order valence-corrected chi connectivity index (χ1v) is 6.12. The highest BCUT2D eigenvalue weighted by atomic mass is 16.5. The molecule has 2 N–H and O–H groups in total. The minimum absolute atomic E-state index is 0.397. The van der Waals surface area contributed by atoms with Crippen molar-refractivity contribution in [2.45, 2.75) is 32.4 Å². The predicted molar refractivity (Wildman–Crippen MR) is 62.5 cm³/mol. The molecule has 0 aromatic carbocycles. The average molecular weight is 240 g/mol. The Balaban J connectivity index is 1.51. The van der Waals surface area contributed by atoms with Crippen LogP contribution in [-0.2, 0) is 11.3 Å². The van der Waals surface area contributed by atoms with Crippen LogP contribution in [0, 0.1) is 12.8 Å². The lowest BCUT2D eigenvalue weighted by molar-refractivity contribution is 0.0322. The second-order valence-corrected chi connectivity index (χ2v) is 4.63. The topological polar surface area (TPSA) is 67.5 Å². The lowest BCUT2D eigenvalue weighted by Gasteiger charge is -2.11. The molecule has 17 heavy (non-hydrogen) atoms. The maximum atomic E-state index is 9.63. The molecule has 1 aliphatic rings. The summed E-state index contributed by atoms with van der Waals surface area (Å²) in [7, 11) is 0. The van der Waals surface area contributed by atoms with Crippen LogP contribution in [0.2, 0.25) is 0 Å². The third-order valence-corrected chi connectivity index (χ3v) is 2.69. The minimum Gasteiger partial charge on any atom is -0.445 e. The van der Waals surface area contributed by atoms with E-state index in [2.05, 4.69) is 10.3 Å². The fourth-order valence-corrected chi connectivity index (χ4v) is 1.54. The van der Waals surface area contributed by atoms with Gasteiger partial charge in [0.1, 0.15) is 5.76 Å². The van der Waals surface area contributed by atoms with Crippen molar-refractivity contribution in [3.05, 3.63) is 17.8 Å². The number of rotatable bonds is 8. The van der Waals surface area contributed by atoms with E-state index in [0.29, 0.717) is 25.6 Å². The van der Waals surface area contributed by atoms with E-state index >= 15 is 0 Å². The molecule has 1 aromatic heterocycles. The van der Waals surface area contributed by atoms with E-state index in [1.54, 1.807) is 6.20 Å². The molecule has 1 atom stereocenters. The van der Waals surface area contributed by atoms with Gasteiger partial charge in [-0.25, -0.2) is 4.98 Å². The van der Waals surface area contributed by atoms with Gasteiger partial charge in [0, 0.05) is 13.2 Å². The standard InChI is InChI=1S/C12H20N2O3/c1-9-4-14-12(17-9)6-13-5-11(15)8-16-7-10-2-3-10/h4,10-11,13,15H,2-3,5-8H2,1H3. The molecule has 1 aromatic rings. The van der Waals surface area contributed by atoms with E-state index in [4.69, 9.17) is 9.15 Å². The first-order valence-electron chi connectivity index (χ1n) is 6.12. The van der Waals surface area contributed by atoms with Crippen molar-refractivity contribution in [2.75, 3.05) is 19.8 Å². The summed E-state index contributed by atoms with van der Waals surface area (Å²) in [4.78, 5) is 4.06. The summed E-state index contributed by atoms with van der Waals surface area (Å²) in [6.45, 7) is 4.07. The number of aliphatic hydroxyl groups is 1. The number of aryl methyl sites for hydroxylation is 1. The number of aliphatic hydroxyl groups excluding tert-OH is 1. The van der Waals surface area contributed by atoms with Gasteiger partial charge < -0.3 is 19.6 Å². The van der Waals surface area contributed by atoms with Crippen LogP contribution < -0.4 is 5.32 Å². The average Bonchev–Trinajstić information content (AvgIpc) is 3.02. The molecule has 1 saturated carbocycles. The highest BCUT2D eigenvalue weighted by Crippen LogP contribution is 2.28. The maximum absolute atomic E-state index is 9.63. The van der Waals surface area contributed by atoms with E-state index in [-0.39, 0.29) is 0 Å². The van der Waals surface area contributed by atoms with Gasteiger partial charge in [-0.2, -0.15) is 0 Å². The molecule has 5 nitrogen and oxygen atoms in total. The van der Waals surface area contributed by atoms with Crippen molar-refractivity contribution in [1.82, 2.24) is 10.3 Å². The molecule has 2 rings (SSSR count). The van der Waals surface area contributed by atoms with Crippen LogP contribution >= 0.6 is 0 Å². The summed E-state index contributed by atoms with van der Waals surface area (Å²) in [6, 6.07) is 0. The zero-order chi connectivity index (χ0) is 12.1. The molecule has 1 fully saturated rings. The van der Waals surface area contributed by atoms with Crippen LogP contribution in [0.3, 0.4) is 0 Å². The molecule has 0 aliphatic heterocycles. The summed E-state index contributed by atoms with van der Waals surface area (Å²) in [5, 5.41) is 12.7. The molecule has 0 spiro atoms. The number of nitrogens with zero attached hydrogens (tertiary/aromatic N) is 1. The SMILES string of the molecule is Cc1cnc(CNCC(O)COCC2CC2)o1. The zero-order valence-electron chi connectivity index (χ0n) is 10.2. The molecular weight excluding hydrogens is 220 g/mol. The Kier molecular flexibility index (Phi) is 4.53. The molecule has 96 valence electrons. The molecule has 1 unspecified atom stereocenters. The second kappa shape index (κ2) is 6.14. The highest BCUT2D eigenvalue weighted by Gasteiger charge is 2.21. The van der Waals surface area contributed by atoms with Gasteiger partial charge in [0.05, 0.1) is 25.5 Å². The normalized spacial score (nSPS) is 17.3. The Morgan fingerprint density at radius 1 is 1.65 bits per heavy atom. The Morgan fingerprint density at radius 3 is 3.12 bits per heavy atom. The molecule has 0 radical (unpaired) electrons. The molecule has 0 saturated heterocycles. The number of aromatic nitrogens is 1. The quantitative estimate of drug-likeness (QED) is 0.705. The Bertz CT molecular complexity index is 336. The summed E-state index contributed by atoms with van der Waals surface area (Å²) < 4.78 is 10.7. The Morgan fingerprint density at radius 2 is 2.47 bits per heavy atom. The van der Waals surface area contributed by atoms with E-state index < -0.39 is 6.10 Å². The van der Waals surface area contributed by atoms with Crippen molar-refractivity contribution >= 4 is 0 Å². The van der Waals surface area contributed by atoms with Crippen LogP contribution in [0.1, 0.15) is 24.5 Å². The van der Waals surface area contributed by atoms with E-state index in [1.807, 2.05) is 6.92 Å². The monoisotopic (exact) mass is 240 g/mol. The lowest BCUT2D eigenvalue weighted by Crippen LogP contribution is -2.30. The van der Waals surface area contributed by atoms with Crippen LogP contribution in [0.5, 0.6) is 0 Å². The van der Waals surface area contributed by atoms with Gasteiger partial charge in [-0.05, 0) is 25.7 Å². The van der Waals surface area contributed by atoms with Crippen molar-refractivity contribution in [2.24, 2.45) is 5.92 Å². The first kappa shape index (κ1) is 12.5. The van der Waals surface area contributed by atoms with Gasteiger partial charge in [-0.15, -0.1) is 0 Å². The molecule has 1 heterocycles. The molecule has 5 heteroatoms. The van der Waals surface area contributed by atoms with Crippen molar-refractivity contribution in [3.63, 3.8) is 0 Å². The number of ether oxygens (including phenoxy) is 1. The predicted octanol–water partition coefficient (Wildman–Crippen LogP) is 0.860. The molecule has 0 bridgehead atoms. The number of nitrogens with one attached hydrogen (secondary N) is 1. The van der Waals surface area contributed by atoms with Crippen LogP contribution in [-0.4, -0.2) is 36.0 Å². The van der Waals surface area contributed by atoms with Crippen LogP contribution in [0.25, 0.3) is 0 Å². The smallest absolute Gasteiger partial charge is 0.208 e. The third-order valence-electron chi connectivity index (χ3n) is 2.69. The Hall–Kier alpha value is -0.910. The minimum atomic E-state index is -0.468. The largest absolute Gasteiger partial charge is 0.445 e. The van der Waals surface area contributed by atoms with Gasteiger partial charge in [-0.3, -0.25) is 0 Å². The molecule has 1 aliphatic carbocycles. The fraction of sp³-hybridized carbons (Fsp3) is 0.750. The third kappa shape index (κ3) is 4.85. The number of oxazole rings is 1. The van der Waals surface area contributed by atoms with Gasteiger partial charge in [0.25, 0.3) is 0 Å². The second-order valence-electron chi connectivity index (χ2n) is 4.63. The summed E-state index contributed by atoms with van der Waals surface area (Å²) in [5.74, 6) is 2.19. The lowest BCUT2D eigenvalue weighted by atomic mass is 10.3. The van der Waals surface area contributed by atoms with E-state index in [9.17, 15) is 5.11 Å². The molecule has 0 amide bonds. The summed E-state index contributed by atoms with van der Waals surface area (Å²) >= 11 is 0. The maximum Gasteiger partial charge on any atom is 0.208 e. The fourth-order valence-electron chi connectivity index (χ4n) is 1.54. The highest BCUT2D eigenvalue weighted by molar-refractivity contribution is 4.90. The summed E-state index contributed by atoms with van der Waals surface area (Å²) in [5.41, 5.74) is 0.